The van der Waals surface area contributed by atoms with E-state index >= 15 is 0 Å². The highest BCUT2D eigenvalue weighted by Gasteiger charge is 2.18. The second-order valence-electron chi connectivity index (χ2n) is 7.28. The quantitative estimate of drug-likeness (QED) is 0.491. The molecule has 0 spiro atoms. The summed E-state index contributed by atoms with van der Waals surface area (Å²) in [6, 6.07) is 7.00. The predicted octanol–water partition coefficient (Wildman–Crippen LogP) is 2.04. The molecule has 1 aromatic rings. The van der Waals surface area contributed by atoms with Crippen molar-refractivity contribution >= 4 is 11.6 Å². The van der Waals surface area contributed by atoms with Crippen molar-refractivity contribution in [3.63, 3.8) is 0 Å². The van der Waals surface area contributed by atoms with E-state index in [1.165, 1.54) is 6.07 Å². The first-order valence-corrected chi connectivity index (χ1v) is 8.65. The average Bonchev–Trinajstić information content (AvgIpc) is 2.51. The van der Waals surface area contributed by atoms with Crippen LogP contribution in [0.2, 0.25) is 0 Å². The van der Waals surface area contributed by atoms with Gasteiger partial charge in [0, 0.05) is 44.8 Å². The number of para-hydroxylation sites is 1. The van der Waals surface area contributed by atoms with Crippen LogP contribution in [0.1, 0.15) is 27.2 Å². The SMILES string of the molecule is CC(C)(C)NC(N)=NCCCN1CCN(c2ccccc2F)CC1. The van der Waals surface area contributed by atoms with Crippen LogP contribution >= 0.6 is 0 Å². The summed E-state index contributed by atoms with van der Waals surface area (Å²) in [5.74, 6) is 0.369. The number of nitrogens with zero attached hydrogens (tertiary/aromatic N) is 3. The maximum atomic E-state index is 13.8. The molecule has 1 heterocycles. The third kappa shape index (κ3) is 6.00. The first-order valence-electron chi connectivity index (χ1n) is 8.65. The summed E-state index contributed by atoms with van der Waals surface area (Å²) >= 11 is 0. The van der Waals surface area contributed by atoms with Crippen molar-refractivity contribution in [2.24, 2.45) is 10.7 Å². The lowest BCUT2D eigenvalue weighted by atomic mass is 10.1. The van der Waals surface area contributed by atoms with Gasteiger partial charge in [0.25, 0.3) is 0 Å². The number of guanidine groups is 1. The Labute approximate surface area is 144 Å². The molecule has 0 aliphatic carbocycles. The van der Waals surface area contributed by atoms with Crippen molar-refractivity contribution in [2.45, 2.75) is 32.7 Å². The maximum Gasteiger partial charge on any atom is 0.188 e. The third-order valence-electron chi connectivity index (χ3n) is 3.98. The molecule has 0 atom stereocenters. The molecule has 24 heavy (non-hydrogen) atoms. The van der Waals surface area contributed by atoms with E-state index in [1.807, 2.05) is 12.1 Å². The number of hydrogen-bond acceptors (Lipinski definition) is 3. The number of piperazine rings is 1. The molecular weight excluding hydrogens is 305 g/mol. The van der Waals surface area contributed by atoms with Crippen LogP contribution in [0, 0.1) is 5.82 Å². The summed E-state index contributed by atoms with van der Waals surface area (Å²) in [6.07, 6.45) is 0.978. The minimum Gasteiger partial charge on any atom is -0.370 e. The van der Waals surface area contributed by atoms with Gasteiger partial charge >= 0.3 is 0 Å². The van der Waals surface area contributed by atoms with E-state index < -0.39 is 0 Å². The molecule has 0 bridgehead atoms. The van der Waals surface area contributed by atoms with Crippen LogP contribution in [0.3, 0.4) is 0 Å². The van der Waals surface area contributed by atoms with E-state index in [0.717, 1.165) is 45.7 Å². The van der Waals surface area contributed by atoms with E-state index in [4.69, 9.17) is 5.73 Å². The van der Waals surface area contributed by atoms with Crippen LogP contribution in [-0.2, 0) is 0 Å². The number of rotatable bonds is 5. The van der Waals surface area contributed by atoms with Gasteiger partial charge in [-0.25, -0.2) is 4.39 Å². The Morgan fingerprint density at radius 2 is 1.88 bits per heavy atom. The zero-order chi connectivity index (χ0) is 17.6. The topological polar surface area (TPSA) is 56.9 Å². The summed E-state index contributed by atoms with van der Waals surface area (Å²) in [5, 5.41) is 3.16. The highest BCUT2D eigenvalue weighted by atomic mass is 19.1. The number of nitrogens with two attached hydrogens (primary N) is 1. The molecule has 0 radical (unpaired) electrons. The minimum atomic E-state index is -0.137. The lowest BCUT2D eigenvalue weighted by molar-refractivity contribution is 0.256. The van der Waals surface area contributed by atoms with E-state index in [1.54, 1.807) is 6.07 Å². The van der Waals surface area contributed by atoms with Gasteiger partial charge in [0.2, 0.25) is 0 Å². The van der Waals surface area contributed by atoms with Gasteiger partial charge in [-0.3, -0.25) is 9.89 Å². The van der Waals surface area contributed by atoms with Crippen molar-refractivity contribution in [3.05, 3.63) is 30.1 Å². The van der Waals surface area contributed by atoms with Crippen molar-refractivity contribution in [1.82, 2.24) is 10.2 Å². The Kier molecular flexibility index (Phi) is 6.43. The van der Waals surface area contributed by atoms with Crippen LogP contribution in [0.25, 0.3) is 0 Å². The largest absolute Gasteiger partial charge is 0.370 e. The van der Waals surface area contributed by atoms with Gasteiger partial charge in [0.05, 0.1) is 5.69 Å². The van der Waals surface area contributed by atoms with Gasteiger partial charge in [0.1, 0.15) is 5.82 Å². The first kappa shape index (κ1) is 18.5. The van der Waals surface area contributed by atoms with Crippen LogP contribution in [-0.4, -0.2) is 55.7 Å². The van der Waals surface area contributed by atoms with Crippen molar-refractivity contribution in [2.75, 3.05) is 44.2 Å². The van der Waals surface area contributed by atoms with Crippen molar-refractivity contribution in [3.8, 4) is 0 Å². The lowest BCUT2D eigenvalue weighted by Gasteiger charge is -2.36. The Bertz CT molecular complexity index is 545. The Hall–Kier alpha value is -1.82. The summed E-state index contributed by atoms with van der Waals surface area (Å²) < 4.78 is 13.8. The normalized spacial score (nSPS) is 17.2. The number of anilines is 1. The number of aliphatic imine (C=N–C) groups is 1. The second kappa shape index (κ2) is 8.33. The molecule has 2 rings (SSSR count). The van der Waals surface area contributed by atoms with E-state index in [-0.39, 0.29) is 11.4 Å². The number of nitrogens with one attached hydrogen (secondary N) is 1. The van der Waals surface area contributed by atoms with Gasteiger partial charge in [0.15, 0.2) is 5.96 Å². The van der Waals surface area contributed by atoms with E-state index in [0.29, 0.717) is 11.6 Å². The fraction of sp³-hybridized carbons (Fsp3) is 0.611. The molecule has 1 saturated heterocycles. The monoisotopic (exact) mass is 335 g/mol. The summed E-state index contributed by atoms with van der Waals surface area (Å²) in [4.78, 5) is 8.89. The molecule has 1 aliphatic heterocycles. The highest BCUT2D eigenvalue weighted by Crippen LogP contribution is 2.20. The van der Waals surface area contributed by atoms with Gasteiger partial charge < -0.3 is 16.0 Å². The van der Waals surface area contributed by atoms with Crippen LogP contribution < -0.4 is 16.0 Å². The summed E-state index contributed by atoms with van der Waals surface area (Å²) in [6.45, 7) is 11.5. The number of halogens is 1. The molecule has 1 aromatic carbocycles. The summed E-state index contributed by atoms with van der Waals surface area (Å²) in [7, 11) is 0. The lowest BCUT2D eigenvalue weighted by Crippen LogP contribution is -2.47. The van der Waals surface area contributed by atoms with Crippen LogP contribution in [0.5, 0.6) is 0 Å². The van der Waals surface area contributed by atoms with Gasteiger partial charge in [-0.1, -0.05) is 12.1 Å². The molecule has 5 nitrogen and oxygen atoms in total. The molecule has 0 unspecified atom stereocenters. The zero-order valence-corrected chi connectivity index (χ0v) is 15.1. The van der Waals surface area contributed by atoms with Crippen molar-refractivity contribution < 1.29 is 4.39 Å². The second-order valence-corrected chi connectivity index (χ2v) is 7.28. The Morgan fingerprint density at radius 3 is 2.50 bits per heavy atom. The molecule has 134 valence electrons. The van der Waals surface area contributed by atoms with Crippen molar-refractivity contribution in [1.29, 1.82) is 0 Å². The molecule has 1 fully saturated rings. The fourth-order valence-corrected chi connectivity index (χ4v) is 2.84. The number of benzene rings is 1. The van der Waals surface area contributed by atoms with E-state index in [9.17, 15) is 4.39 Å². The maximum absolute atomic E-state index is 13.8. The highest BCUT2D eigenvalue weighted by molar-refractivity contribution is 5.78. The molecule has 3 N–H and O–H groups in total. The molecule has 6 heteroatoms. The fourth-order valence-electron chi connectivity index (χ4n) is 2.84. The van der Waals surface area contributed by atoms with Gasteiger partial charge in [-0.2, -0.15) is 0 Å². The van der Waals surface area contributed by atoms with Gasteiger partial charge in [-0.05, 0) is 39.3 Å². The third-order valence-corrected chi connectivity index (χ3v) is 3.98. The molecule has 0 aromatic heterocycles. The zero-order valence-electron chi connectivity index (χ0n) is 15.1. The van der Waals surface area contributed by atoms with Crippen LogP contribution in [0.4, 0.5) is 10.1 Å². The molecule has 1 aliphatic rings. The van der Waals surface area contributed by atoms with Crippen LogP contribution in [0.15, 0.2) is 29.3 Å². The summed E-state index contributed by atoms with van der Waals surface area (Å²) in [5.41, 5.74) is 6.51. The van der Waals surface area contributed by atoms with E-state index in [2.05, 4.69) is 40.9 Å². The number of hydrogen-bond donors (Lipinski definition) is 2. The average molecular weight is 335 g/mol. The predicted molar refractivity (Wildman–Crippen MR) is 99.0 cm³/mol. The Balaban J connectivity index is 1.69. The smallest absolute Gasteiger partial charge is 0.188 e. The minimum absolute atomic E-state index is 0.0589. The molecule has 0 amide bonds. The van der Waals surface area contributed by atoms with Gasteiger partial charge in [-0.15, -0.1) is 0 Å². The Morgan fingerprint density at radius 1 is 1.21 bits per heavy atom. The molecular formula is C18H30FN5. The molecule has 0 saturated carbocycles. The first-order chi connectivity index (χ1) is 11.3. The standard InChI is InChI=1S/C18H30FN5/c1-18(2,3)22-17(20)21-9-6-10-23-11-13-24(14-12-23)16-8-5-4-7-15(16)19/h4-5,7-8H,6,9-14H2,1-3H3,(H3,20,21,22).